The molecule has 4 heteroatoms. The minimum Gasteiger partial charge on any atom is -0.369 e. The highest BCUT2D eigenvalue weighted by Crippen LogP contribution is 2.10. The minimum absolute atomic E-state index is 0.0365. The van der Waals surface area contributed by atoms with Gasteiger partial charge < -0.3 is 4.74 Å². The summed E-state index contributed by atoms with van der Waals surface area (Å²) >= 11 is 5.78. The number of ether oxygens (including phenoxy) is 1. The van der Waals surface area contributed by atoms with Crippen molar-refractivity contribution in [2.24, 2.45) is 0 Å². The Kier molecular flexibility index (Phi) is 5.27. The maximum atomic E-state index is 12.7. The Bertz CT molecular complexity index is 564. The summed E-state index contributed by atoms with van der Waals surface area (Å²) in [4.78, 5) is 11.7. The van der Waals surface area contributed by atoms with Crippen LogP contribution in [-0.2, 0) is 22.6 Å². The van der Waals surface area contributed by atoms with E-state index in [2.05, 4.69) is 0 Å². The van der Waals surface area contributed by atoms with Gasteiger partial charge in [0.2, 0.25) is 0 Å². The predicted molar refractivity (Wildman–Crippen MR) is 76.2 cm³/mol. The molecule has 2 aromatic carbocycles. The van der Waals surface area contributed by atoms with Crippen molar-refractivity contribution < 1.29 is 13.9 Å². The van der Waals surface area contributed by atoms with Crippen LogP contribution in [0.15, 0.2) is 48.5 Å². The van der Waals surface area contributed by atoms with Gasteiger partial charge in [0.05, 0.1) is 6.61 Å². The molecule has 0 spiro atoms. The third-order valence-corrected chi connectivity index (χ3v) is 3.01. The predicted octanol–water partition coefficient (Wildman–Crippen LogP) is 3.81. The van der Waals surface area contributed by atoms with Gasteiger partial charge in [-0.15, -0.1) is 0 Å². The highest BCUT2D eigenvalue weighted by molar-refractivity contribution is 6.30. The van der Waals surface area contributed by atoms with Gasteiger partial charge in [0, 0.05) is 11.4 Å². The van der Waals surface area contributed by atoms with Crippen LogP contribution in [0.4, 0.5) is 4.39 Å². The van der Waals surface area contributed by atoms with Crippen molar-refractivity contribution in [1.29, 1.82) is 0 Å². The lowest BCUT2D eigenvalue weighted by atomic mass is 10.1. The van der Waals surface area contributed by atoms with Crippen LogP contribution in [-0.4, -0.2) is 12.4 Å². The number of ketones is 1. The molecule has 0 atom stereocenters. The van der Waals surface area contributed by atoms with Gasteiger partial charge in [-0.2, -0.15) is 0 Å². The molecule has 20 heavy (non-hydrogen) atoms. The van der Waals surface area contributed by atoms with Crippen LogP contribution in [0.3, 0.4) is 0 Å². The lowest BCUT2D eigenvalue weighted by Crippen LogP contribution is -2.11. The van der Waals surface area contributed by atoms with Crippen molar-refractivity contribution in [1.82, 2.24) is 0 Å². The Morgan fingerprint density at radius 1 is 1.00 bits per heavy atom. The number of carbonyl (C=O) groups is 1. The fourth-order valence-electron chi connectivity index (χ4n) is 1.74. The monoisotopic (exact) mass is 292 g/mol. The van der Waals surface area contributed by atoms with Crippen molar-refractivity contribution in [3.8, 4) is 0 Å². The lowest BCUT2D eigenvalue weighted by molar-refractivity contribution is -0.123. The molecule has 0 aliphatic heterocycles. The fraction of sp³-hybridized carbons (Fsp3) is 0.188. The summed E-state index contributed by atoms with van der Waals surface area (Å²) < 4.78 is 18.1. The minimum atomic E-state index is -0.305. The summed E-state index contributed by atoms with van der Waals surface area (Å²) in [5.41, 5.74) is 1.75. The highest BCUT2D eigenvalue weighted by atomic mass is 35.5. The normalized spacial score (nSPS) is 10.5. The van der Waals surface area contributed by atoms with E-state index >= 15 is 0 Å². The van der Waals surface area contributed by atoms with E-state index < -0.39 is 0 Å². The molecule has 0 aliphatic carbocycles. The molecule has 0 aromatic heterocycles. The molecular formula is C16H14ClFO2. The largest absolute Gasteiger partial charge is 0.369 e. The number of benzene rings is 2. The smallest absolute Gasteiger partial charge is 0.162 e. The first-order valence-electron chi connectivity index (χ1n) is 6.22. The van der Waals surface area contributed by atoms with Gasteiger partial charge >= 0.3 is 0 Å². The van der Waals surface area contributed by atoms with Gasteiger partial charge in [-0.05, 0) is 35.4 Å². The number of carbonyl (C=O) groups excluding carboxylic acids is 1. The number of hydrogen-bond acceptors (Lipinski definition) is 2. The summed E-state index contributed by atoms with van der Waals surface area (Å²) in [6.07, 6.45) is 0.251. The molecule has 0 unspecified atom stereocenters. The van der Waals surface area contributed by atoms with E-state index in [-0.39, 0.29) is 24.6 Å². The van der Waals surface area contributed by atoms with Crippen molar-refractivity contribution in [3.05, 3.63) is 70.5 Å². The average Bonchev–Trinajstić information content (AvgIpc) is 2.44. The van der Waals surface area contributed by atoms with E-state index in [9.17, 15) is 9.18 Å². The van der Waals surface area contributed by atoms with Crippen LogP contribution in [0, 0.1) is 5.82 Å². The fourth-order valence-corrected chi connectivity index (χ4v) is 1.87. The SMILES string of the molecule is O=C(COCc1ccc(Cl)cc1)Cc1ccc(F)cc1. The van der Waals surface area contributed by atoms with Crippen LogP contribution in [0.2, 0.25) is 5.02 Å². The molecule has 0 fully saturated rings. The van der Waals surface area contributed by atoms with Crippen molar-refractivity contribution >= 4 is 17.4 Å². The molecule has 2 nitrogen and oxygen atoms in total. The van der Waals surface area contributed by atoms with Gasteiger partial charge in [-0.3, -0.25) is 4.79 Å². The van der Waals surface area contributed by atoms with Gasteiger partial charge in [0.25, 0.3) is 0 Å². The van der Waals surface area contributed by atoms with Crippen LogP contribution in [0.5, 0.6) is 0 Å². The Morgan fingerprint density at radius 2 is 1.60 bits per heavy atom. The highest BCUT2D eigenvalue weighted by Gasteiger charge is 2.04. The zero-order chi connectivity index (χ0) is 14.4. The number of rotatable bonds is 6. The molecule has 0 saturated heterocycles. The molecule has 0 heterocycles. The maximum Gasteiger partial charge on any atom is 0.162 e. The van der Waals surface area contributed by atoms with Crippen molar-refractivity contribution in [2.45, 2.75) is 13.0 Å². The van der Waals surface area contributed by atoms with Crippen LogP contribution in [0.1, 0.15) is 11.1 Å². The second-order valence-electron chi connectivity index (χ2n) is 4.46. The third-order valence-electron chi connectivity index (χ3n) is 2.76. The van der Waals surface area contributed by atoms with E-state index in [1.165, 1.54) is 12.1 Å². The summed E-state index contributed by atoms with van der Waals surface area (Å²) in [7, 11) is 0. The Hall–Kier alpha value is -1.71. The zero-order valence-electron chi connectivity index (χ0n) is 10.8. The average molecular weight is 293 g/mol. The standard InChI is InChI=1S/C16H14ClFO2/c17-14-5-1-13(2-6-14)10-20-11-16(19)9-12-3-7-15(18)8-4-12/h1-8H,9-11H2. The second kappa shape index (κ2) is 7.17. The molecule has 0 aliphatic rings. The number of hydrogen-bond donors (Lipinski definition) is 0. The van der Waals surface area contributed by atoms with E-state index in [4.69, 9.17) is 16.3 Å². The maximum absolute atomic E-state index is 12.7. The van der Waals surface area contributed by atoms with E-state index in [0.717, 1.165) is 11.1 Å². The molecular weight excluding hydrogens is 279 g/mol. The molecule has 0 N–H and O–H groups in total. The quantitative estimate of drug-likeness (QED) is 0.809. The van der Waals surface area contributed by atoms with E-state index in [1.54, 1.807) is 24.3 Å². The Labute approximate surface area is 122 Å². The topological polar surface area (TPSA) is 26.3 Å². The summed E-state index contributed by atoms with van der Waals surface area (Å²) in [6.45, 7) is 0.409. The molecule has 2 rings (SSSR count). The molecule has 0 amide bonds. The second-order valence-corrected chi connectivity index (χ2v) is 4.90. The molecule has 2 aromatic rings. The molecule has 0 bridgehead atoms. The number of Topliss-reactive ketones (excluding diaryl/α,β-unsaturated/α-hetero) is 1. The summed E-state index contributed by atoms with van der Waals surface area (Å²) in [6, 6.07) is 13.2. The van der Waals surface area contributed by atoms with Crippen LogP contribution >= 0.6 is 11.6 Å². The van der Waals surface area contributed by atoms with Crippen molar-refractivity contribution in [3.63, 3.8) is 0 Å². The number of halogens is 2. The van der Waals surface area contributed by atoms with Crippen molar-refractivity contribution in [2.75, 3.05) is 6.61 Å². The zero-order valence-corrected chi connectivity index (χ0v) is 11.6. The van der Waals surface area contributed by atoms with E-state index in [0.29, 0.717) is 11.6 Å². The summed E-state index contributed by atoms with van der Waals surface area (Å²) in [5.74, 6) is -0.342. The third kappa shape index (κ3) is 4.76. The van der Waals surface area contributed by atoms with Gasteiger partial charge in [-0.25, -0.2) is 4.39 Å². The molecule has 104 valence electrons. The first-order valence-corrected chi connectivity index (χ1v) is 6.59. The Balaban J connectivity index is 1.75. The van der Waals surface area contributed by atoms with Gasteiger partial charge in [0.1, 0.15) is 12.4 Å². The molecule has 0 saturated carbocycles. The first kappa shape index (κ1) is 14.7. The van der Waals surface area contributed by atoms with Gasteiger partial charge in [-0.1, -0.05) is 35.9 Å². The van der Waals surface area contributed by atoms with Crippen LogP contribution < -0.4 is 0 Å². The summed E-state index contributed by atoms with van der Waals surface area (Å²) in [5, 5.41) is 0.668. The Morgan fingerprint density at radius 3 is 2.25 bits per heavy atom. The first-order chi connectivity index (χ1) is 9.63. The van der Waals surface area contributed by atoms with E-state index in [1.807, 2.05) is 12.1 Å². The van der Waals surface area contributed by atoms with Gasteiger partial charge in [0.15, 0.2) is 5.78 Å². The molecule has 0 radical (unpaired) electrons. The van der Waals surface area contributed by atoms with Crippen LogP contribution in [0.25, 0.3) is 0 Å². The lowest BCUT2D eigenvalue weighted by Gasteiger charge is -2.04.